The maximum absolute atomic E-state index is 14.3. The molecule has 1 fully saturated rings. The number of benzene rings is 3. The Morgan fingerprint density at radius 3 is 2.20 bits per heavy atom. The Balaban J connectivity index is 1.75. The maximum Gasteiger partial charge on any atom is 0.264 e. The van der Waals surface area contributed by atoms with Crippen molar-refractivity contribution in [3.05, 3.63) is 89.2 Å². The molecule has 3 aromatic carbocycles. The molecule has 0 aliphatic heterocycles. The molecule has 0 bridgehead atoms. The molecule has 1 aliphatic carbocycles. The lowest BCUT2D eigenvalue weighted by Gasteiger charge is -2.34. The molecule has 0 saturated heterocycles. The fourth-order valence-electron chi connectivity index (χ4n) is 5.60. The lowest BCUT2D eigenvalue weighted by atomic mass is 9.95. The average molecular weight is 624 g/mol. The number of nitrogens with zero attached hydrogens (tertiary/aromatic N) is 2. The van der Waals surface area contributed by atoms with Crippen LogP contribution in [0, 0.1) is 19.7 Å². The summed E-state index contributed by atoms with van der Waals surface area (Å²) >= 11 is 0. The highest BCUT2D eigenvalue weighted by Crippen LogP contribution is 2.34. The van der Waals surface area contributed by atoms with Crippen molar-refractivity contribution in [3.63, 3.8) is 0 Å². The summed E-state index contributed by atoms with van der Waals surface area (Å²) in [5.41, 5.74) is 2.49. The topological polar surface area (TPSA) is 96.0 Å². The Morgan fingerprint density at radius 1 is 0.955 bits per heavy atom. The fourth-order valence-corrected chi connectivity index (χ4v) is 7.01. The van der Waals surface area contributed by atoms with Gasteiger partial charge in [0.25, 0.3) is 10.0 Å². The van der Waals surface area contributed by atoms with Gasteiger partial charge in [-0.25, -0.2) is 12.8 Å². The number of halogens is 1. The van der Waals surface area contributed by atoms with Crippen LogP contribution in [0.2, 0.25) is 0 Å². The second-order valence-electron chi connectivity index (χ2n) is 11.4. The average Bonchev–Trinajstić information content (AvgIpc) is 3.01. The second-order valence-corrected chi connectivity index (χ2v) is 13.3. The largest absolute Gasteiger partial charge is 0.495 e. The predicted molar refractivity (Wildman–Crippen MR) is 169 cm³/mol. The first-order valence-corrected chi connectivity index (χ1v) is 16.6. The van der Waals surface area contributed by atoms with Gasteiger partial charge in [0, 0.05) is 12.6 Å². The summed E-state index contributed by atoms with van der Waals surface area (Å²) in [7, 11) is -2.81. The van der Waals surface area contributed by atoms with E-state index in [2.05, 4.69) is 5.32 Å². The number of sulfonamides is 1. The fraction of sp³-hybridized carbons (Fsp3) is 0.412. The number of hydrogen-bond donors (Lipinski definition) is 1. The van der Waals surface area contributed by atoms with Crippen LogP contribution in [0.4, 0.5) is 10.1 Å². The van der Waals surface area contributed by atoms with Crippen molar-refractivity contribution in [2.45, 2.75) is 82.8 Å². The molecular formula is C34H42FN3O5S. The van der Waals surface area contributed by atoms with Crippen molar-refractivity contribution < 1.29 is 27.1 Å². The van der Waals surface area contributed by atoms with E-state index in [-0.39, 0.29) is 34.8 Å². The van der Waals surface area contributed by atoms with Gasteiger partial charge in [0.2, 0.25) is 11.8 Å². The summed E-state index contributed by atoms with van der Waals surface area (Å²) in [6.07, 6.45) is 5.26. The minimum Gasteiger partial charge on any atom is -0.495 e. The Bertz CT molecular complexity index is 1540. The van der Waals surface area contributed by atoms with E-state index in [0.717, 1.165) is 47.5 Å². The van der Waals surface area contributed by atoms with Crippen LogP contribution in [0.5, 0.6) is 5.75 Å². The van der Waals surface area contributed by atoms with E-state index in [9.17, 15) is 22.4 Å². The number of ether oxygens (including phenoxy) is 1. The van der Waals surface area contributed by atoms with Crippen LogP contribution >= 0.6 is 0 Å². The molecule has 0 heterocycles. The minimum atomic E-state index is -4.25. The highest BCUT2D eigenvalue weighted by molar-refractivity contribution is 7.92. The number of anilines is 1. The third kappa shape index (κ3) is 7.96. The van der Waals surface area contributed by atoms with E-state index >= 15 is 0 Å². The quantitative estimate of drug-likeness (QED) is 0.271. The molecule has 3 aromatic rings. The zero-order valence-corrected chi connectivity index (χ0v) is 26.7. The predicted octanol–water partition coefficient (Wildman–Crippen LogP) is 5.90. The molecule has 10 heteroatoms. The summed E-state index contributed by atoms with van der Waals surface area (Å²) in [5.74, 6) is -0.989. The van der Waals surface area contributed by atoms with Gasteiger partial charge in [0.05, 0.1) is 17.7 Å². The van der Waals surface area contributed by atoms with E-state index in [1.165, 1.54) is 36.3 Å². The normalized spacial score (nSPS) is 14.5. The highest BCUT2D eigenvalue weighted by Gasteiger charge is 2.35. The Labute approximate surface area is 260 Å². The standard InChI is InChI=1S/C34H42FN3O5S/c1-5-30(34(40)36-28-9-7-6-8-10-28)37(22-26-14-16-27(35)17-15-26)33(39)23-38(31-21-25(3)13-20-32(31)43-4)44(41,42)29-18-11-24(2)12-19-29/h11-21,28,30H,5-10,22-23H2,1-4H3,(H,36,40)/t30-/m0/s1. The van der Waals surface area contributed by atoms with Gasteiger partial charge in [0.15, 0.2) is 0 Å². The maximum atomic E-state index is 14.3. The molecule has 1 N–H and O–H groups in total. The van der Waals surface area contributed by atoms with Crippen LogP contribution < -0.4 is 14.4 Å². The highest BCUT2D eigenvalue weighted by atomic mass is 32.2. The lowest BCUT2D eigenvalue weighted by Crippen LogP contribution is -2.54. The molecule has 2 amide bonds. The monoisotopic (exact) mass is 623 g/mol. The molecule has 4 rings (SSSR count). The molecule has 1 atom stereocenters. The van der Waals surface area contributed by atoms with Gasteiger partial charge in [-0.05, 0) is 80.6 Å². The Morgan fingerprint density at radius 2 is 1.59 bits per heavy atom. The van der Waals surface area contributed by atoms with Crippen molar-refractivity contribution >= 4 is 27.5 Å². The molecule has 0 aromatic heterocycles. The molecule has 0 radical (unpaired) electrons. The van der Waals surface area contributed by atoms with Gasteiger partial charge in [-0.15, -0.1) is 0 Å². The molecule has 1 saturated carbocycles. The summed E-state index contributed by atoms with van der Waals surface area (Å²) < 4.78 is 48.7. The number of hydrogen-bond acceptors (Lipinski definition) is 5. The van der Waals surface area contributed by atoms with Gasteiger partial charge >= 0.3 is 0 Å². The molecule has 1 aliphatic rings. The number of carbonyl (C=O) groups is 2. The summed E-state index contributed by atoms with van der Waals surface area (Å²) in [6, 6.07) is 16.4. The molecule has 44 heavy (non-hydrogen) atoms. The minimum absolute atomic E-state index is 0.000914. The van der Waals surface area contributed by atoms with Crippen LogP contribution in [0.3, 0.4) is 0 Å². The number of nitrogens with one attached hydrogen (secondary N) is 1. The number of aryl methyl sites for hydroxylation is 2. The van der Waals surface area contributed by atoms with Gasteiger partial charge in [0.1, 0.15) is 24.2 Å². The SMILES string of the molecule is CC[C@@H](C(=O)NC1CCCCC1)N(Cc1ccc(F)cc1)C(=O)CN(c1cc(C)ccc1OC)S(=O)(=O)c1ccc(C)cc1. The first-order valence-electron chi connectivity index (χ1n) is 15.1. The Kier molecular flexibility index (Phi) is 11.0. The van der Waals surface area contributed by atoms with Crippen LogP contribution in [0.15, 0.2) is 71.6 Å². The molecular weight excluding hydrogens is 581 g/mol. The van der Waals surface area contributed by atoms with E-state index < -0.39 is 34.3 Å². The molecule has 0 unspecified atom stereocenters. The second kappa shape index (κ2) is 14.7. The number of rotatable bonds is 12. The zero-order chi connectivity index (χ0) is 31.9. The summed E-state index contributed by atoms with van der Waals surface area (Å²) in [5, 5.41) is 3.13. The van der Waals surface area contributed by atoms with E-state index in [4.69, 9.17) is 4.74 Å². The molecule has 236 valence electrons. The first kappa shape index (κ1) is 33.0. The summed E-state index contributed by atoms with van der Waals surface area (Å²) in [4.78, 5) is 29.4. The Hall–Kier alpha value is -3.92. The molecule has 0 spiro atoms. The van der Waals surface area contributed by atoms with Crippen LogP contribution in [-0.4, -0.2) is 50.9 Å². The van der Waals surface area contributed by atoms with E-state index in [1.807, 2.05) is 20.8 Å². The van der Waals surface area contributed by atoms with Gasteiger partial charge in [-0.1, -0.05) is 62.1 Å². The van der Waals surface area contributed by atoms with Crippen molar-refractivity contribution in [1.82, 2.24) is 10.2 Å². The third-order valence-corrected chi connectivity index (χ3v) is 9.87. The zero-order valence-electron chi connectivity index (χ0n) is 25.9. The molecule has 8 nitrogen and oxygen atoms in total. The smallest absolute Gasteiger partial charge is 0.264 e. The van der Waals surface area contributed by atoms with Crippen molar-refractivity contribution in [2.24, 2.45) is 0 Å². The lowest BCUT2D eigenvalue weighted by molar-refractivity contribution is -0.140. The number of methoxy groups -OCH3 is 1. The number of carbonyl (C=O) groups excluding carboxylic acids is 2. The van der Waals surface area contributed by atoms with Crippen molar-refractivity contribution in [2.75, 3.05) is 18.0 Å². The van der Waals surface area contributed by atoms with E-state index in [1.54, 1.807) is 42.5 Å². The number of amides is 2. The van der Waals surface area contributed by atoms with Crippen LogP contribution in [0.1, 0.15) is 62.1 Å². The van der Waals surface area contributed by atoms with Gasteiger partial charge in [-0.3, -0.25) is 13.9 Å². The summed E-state index contributed by atoms with van der Waals surface area (Å²) in [6.45, 7) is 4.92. The van der Waals surface area contributed by atoms with Crippen LogP contribution in [0.25, 0.3) is 0 Å². The van der Waals surface area contributed by atoms with Gasteiger partial charge in [-0.2, -0.15) is 0 Å². The van der Waals surface area contributed by atoms with Gasteiger partial charge < -0.3 is 15.0 Å². The third-order valence-electron chi connectivity index (χ3n) is 8.09. The van der Waals surface area contributed by atoms with Crippen LogP contribution in [-0.2, 0) is 26.2 Å². The first-order chi connectivity index (χ1) is 21.0. The van der Waals surface area contributed by atoms with Crippen molar-refractivity contribution in [1.29, 1.82) is 0 Å². The van der Waals surface area contributed by atoms with E-state index in [0.29, 0.717) is 12.0 Å². The van der Waals surface area contributed by atoms with Crippen molar-refractivity contribution in [3.8, 4) is 5.75 Å².